The predicted octanol–water partition coefficient (Wildman–Crippen LogP) is 1.68. The fourth-order valence-corrected chi connectivity index (χ4v) is 7.27. The first-order chi connectivity index (χ1) is 18.4. The van der Waals surface area contributed by atoms with Crippen molar-refractivity contribution >= 4 is 23.2 Å². The summed E-state index contributed by atoms with van der Waals surface area (Å²) < 4.78 is 0. The first kappa shape index (κ1) is 27.4. The van der Waals surface area contributed by atoms with Gasteiger partial charge in [-0.25, -0.2) is 0 Å². The van der Waals surface area contributed by atoms with E-state index in [1.807, 2.05) is 6.92 Å². The SMILES string of the molecule is CCC1(NC(=O)C2=C(O)[C@]3(O)C(=O)C4=C(O)c5c(O)cccc5C[C@@H]4[C@@H](O)[C@@H]3[C@@H](N(C)C)C2=O)CCCCC1. The molecule has 6 N–H and O–H groups in total. The second-order valence-electron chi connectivity index (χ2n) is 11.6. The second-order valence-corrected chi connectivity index (χ2v) is 11.6. The van der Waals surface area contributed by atoms with E-state index in [2.05, 4.69) is 5.32 Å². The number of ketones is 2. The van der Waals surface area contributed by atoms with Crippen LogP contribution in [0.2, 0.25) is 0 Å². The molecule has 2 saturated carbocycles. The molecule has 210 valence electrons. The molecule has 0 radical (unpaired) electrons. The maximum absolute atomic E-state index is 14.0. The number of likely N-dealkylation sites (N-methyl/N-ethyl adjacent to an activating group) is 1. The topological polar surface area (TPSA) is 168 Å². The Morgan fingerprint density at radius 1 is 1.10 bits per heavy atom. The lowest BCUT2D eigenvalue weighted by atomic mass is 9.56. The fourth-order valence-electron chi connectivity index (χ4n) is 7.27. The molecule has 2 fully saturated rings. The number of aliphatic hydroxyl groups is 4. The maximum atomic E-state index is 14.0. The number of hydrogen-bond donors (Lipinski definition) is 6. The van der Waals surface area contributed by atoms with Gasteiger partial charge in [0.2, 0.25) is 5.78 Å². The molecule has 10 nitrogen and oxygen atoms in total. The van der Waals surface area contributed by atoms with Crippen molar-refractivity contribution in [1.82, 2.24) is 10.2 Å². The smallest absolute Gasteiger partial charge is 0.258 e. The van der Waals surface area contributed by atoms with Crippen molar-refractivity contribution < 1.29 is 39.9 Å². The second kappa shape index (κ2) is 9.46. The molecule has 0 unspecified atom stereocenters. The number of nitrogens with one attached hydrogen (secondary N) is 1. The molecule has 1 amide bonds. The lowest BCUT2D eigenvalue weighted by molar-refractivity contribution is -0.168. The average Bonchev–Trinajstić information content (AvgIpc) is 2.89. The van der Waals surface area contributed by atoms with Crippen LogP contribution >= 0.6 is 0 Å². The van der Waals surface area contributed by atoms with Crippen molar-refractivity contribution in [2.24, 2.45) is 11.8 Å². The summed E-state index contributed by atoms with van der Waals surface area (Å²) in [5.74, 6) is -7.34. The number of amides is 1. The van der Waals surface area contributed by atoms with Gasteiger partial charge in [-0.15, -0.1) is 0 Å². The monoisotopic (exact) mass is 540 g/mol. The molecule has 0 saturated heterocycles. The van der Waals surface area contributed by atoms with E-state index in [0.717, 1.165) is 19.3 Å². The Kier molecular flexibility index (Phi) is 6.64. The van der Waals surface area contributed by atoms with Gasteiger partial charge in [0.05, 0.1) is 23.6 Å². The standard InChI is InChI=1S/C29H36N2O8/c1-4-28(11-6-5-7-12-28)30-27(38)19-24(35)21(31(2)3)20-22(33)15-13-14-9-8-10-16(32)17(14)23(34)18(15)25(36)29(20,39)26(19)37/h8-10,15,20-22,32-34,37,39H,4-7,11-13H2,1-3H3,(H,30,38)/t15-,20-,21+,22+,29+/m0/s1. The zero-order valence-electron chi connectivity index (χ0n) is 22.4. The molecule has 5 atom stereocenters. The van der Waals surface area contributed by atoms with Gasteiger partial charge in [0.15, 0.2) is 11.4 Å². The number of carbonyl (C=O) groups is 3. The van der Waals surface area contributed by atoms with Gasteiger partial charge in [0, 0.05) is 17.0 Å². The van der Waals surface area contributed by atoms with Crippen LogP contribution in [0.4, 0.5) is 0 Å². The number of hydrogen-bond acceptors (Lipinski definition) is 9. The van der Waals surface area contributed by atoms with Gasteiger partial charge in [0.25, 0.3) is 5.91 Å². The van der Waals surface area contributed by atoms with Gasteiger partial charge in [0.1, 0.15) is 22.8 Å². The van der Waals surface area contributed by atoms with Crippen LogP contribution in [0.1, 0.15) is 56.6 Å². The Labute approximate surface area is 226 Å². The lowest BCUT2D eigenvalue weighted by Gasteiger charge is -2.52. The summed E-state index contributed by atoms with van der Waals surface area (Å²) in [5, 5.41) is 59.4. The molecule has 1 aromatic rings. The van der Waals surface area contributed by atoms with Crippen molar-refractivity contribution in [1.29, 1.82) is 0 Å². The highest BCUT2D eigenvalue weighted by molar-refractivity contribution is 6.25. The van der Waals surface area contributed by atoms with Crippen LogP contribution in [-0.2, 0) is 20.8 Å². The molecule has 0 spiro atoms. The zero-order valence-corrected chi connectivity index (χ0v) is 22.4. The normalized spacial score (nSPS) is 32.1. The number of rotatable bonds is 4. The van der Waals surface area contributed by atoms with Gasteiger partial charge in [-0.2, -0.15) is 0 Å². The van der Waals surface area contributed by atoms with Crippen LogP contribution in [-0.4, -0.2) is 85.3 Å². The van der Waals surface area contributed by atoms with E-state index in [9.17, 15) is 39.9 Å². The maximum Gasteiger partial charge on any atom is 0.258 e. The molecule has 4 aliphatic carbocycles. The third-order valence-electron chi connectivity index (χ3n) is 9.39. The quantitative estimate of drug-likeness (QED) is 0.311. The molecule has 1 aromatic carbocycles. The first-order valence-electron chi connectivity index (χ1n) is 13.6. The molecule has 39 heavy (non-hydrogen) atoms. The number of Topliss-reactive ketones (excluding diaryl/α,β-unsaturated/α-hetero) is 2. The third-order valence-corrected chi connectivity index (χ3v) is 9.39. The molecule has 0 aromatic heterocycles. The van der Waals surface area contributed by atoms with Crippen LogP contribution in [0, 0.1) is 11.8 Å². The first-order valence-corrected chi connectivity index (χ1v) is 13.6. The minimum absolute atomic E-state index is 0.00557. The fraction of sp³-hybridized carbons (Fsp3) is 0.552. The van der Waals surface area contributed by atoms with Crippen molar-refractivity contribution in [3.8, 4) is 5.75 Å². The summed E-state index contributed by atoms with van der Waals surface area (Å²) in [6, 6.07) is 3.24. The summed E-state index contributed by atoms with van der Waals surface area (Å²) in [7, 11) is 3.06. The molecular weight excluding hydrogens is 504 g/mol. The van der Waals surface area contributed by atoms with Gasteiger partial charge < -0.3 is 30.8 Å². The Morgan fingerprint density at radius 2 is 1.77 bits per heavy atom. The van der Waals surface area contributed by atoms with Crippen LogP contribution in [0.15, 0.2) is 35.1 Å². The van der Waals surface area contributed by atoms with Crippen molar-refractivity contribution in [3.63, 3.8) is 0 Å². The highest BCUT2D eigenvalue weighted by atomic mass is 16.4. The zero-order chi connectivity index (χ0) is 28.4. The van der Waals surface area contributed by atoms with E-state index < -0.39 is 69.7 Å². The van der Waals surface area contributed by atoms with Gasteiger partial charge >= 0.3 is 0 Å². The minimum atomic E-state index is -2.86. The molecule has 10 heteroatoms. The van der Waals surface area contributed by atoms with Crippen molar-refractivity contribution in [2.75, 3.05) is 14.1 Å². The Balaban J connectivity index is 1.67. The van der Waals surface area contributed by atoms with E-state index in [1.165, 1.54) is 25.1 Å². The van der Waals surface area contributed by atoms with Gasteiger partial charge in [-0.05, 0) is 51.4 Å². The summed E-state index contributed by atoms with van der Waals surface area (Å²) in [6.45, 7) is 1.93. The number of benzene rings is 1. The van der Waals surface area contributed by atoms with E-state index >= 15 is 0 Å². The largest absolute Gasteiger partial charge is 0.508 e. The van der Waals surface area contributed by atoms with Gasteiger partial charge in [-0.1, -0.05) is 38.3 Å². The molecule has 5 rings (SSSR count). The predicted molar refractivity (Wildman–Crippen MR) is 141 cm³/mol. The molecule has 0 aliphatic heterocycles. The number of carbonyl (C=O) groups excluding carboxylic acids is 3. The molecule has 4 aliphatic rings. The molecule has 0 bridgehead atoms. The van der Waals surface area contributed by atoms with Crippen LogP contribution in [0.25, 0.3) is 5.76 Å². The summed E-state index contributed by atoms with van der Waals surface area (Å²) in [4.78, 5) is 42.9. The van der Waals surface area contributed by atoms with Crippen molar-refractivity contribution in [3.05, 3.63) is 46.2 Å². The number of phenolic OH excluding ortho intramolecular Hbond substituents is 1. The van der Waals surface area contributed by atoms with Gasteiger partial charge in [-0.3, -0.25) is 19.3 Å². The number of nitrogens with zero attached hydrogens (tertiary/aromatic N) is 1. The number of aliphatic hydroxyl groups excluding tert-OH is 3. The Bertz CT molecular complexity index is 1310. The number of fused-ring (bicyclic) bond motifs is 3. The van der Waals surface area contributed by atoms with Crippen LogP contribution in [0.5, 0.6) is 5.75 Å². The third kappa shape index (κ3) is 3.83. The van der Waals surface area contributed by atoms with E-state index in [0.29, 0.717) is 24.8 Å². The lowest BCUT2D eigenvalue weighted by Crippen LogP contribution is -2.70. The summed E-state index contributed by atoms with van der Waals surface area (Å²) in [6.07, 6.45) is 3.32. The minimum Gasteiger partial charge on any atom is -0.508 e. The number of aromatic hydroxyl groups is 1. The Morgan fingerprint density at radius 3 is 2.38 bits per heavy atom. The van der Waals surface area contributed by atoms with E-state index in [-0.39, 0.29) is 23.3 Å². The highest BCUT2D eigenvalue weighted by Crippen LogP contribution is 2.52. The summed E-state index contributed by atoms with van der Waals surface area (Å²) >= 11 is 0. The van der Waals surface area contributed by atoms with E-state index in [1.54, 1.807) is 12.1 Å². The van der Waals surface area contributed by atoms with E-state index in [4.69, 9.17) is 0 Å². The van der Waals surface area contributed by atoms with Crippen LogP contribution < -0.4 is 5.32 Å². The number of phenols is 1. The molecular formula is C29H36N2O8. The summed E-state index contributed by atoms with van der Waals surface area (Å²) in [5.41, 5.74) is -4.02. The van der Waals surface area contributed by atoms with Crippen LogP contribution in [0.3, 0.4) is 0 Å². The Hall–Kier alpha value is -3.21. The van der Waals surface area contributed by atoms with Crippen molar-refractivity contribution in [2.45, 2.75) is 75.2 Å². The average molecular weight is 541 g/mol. The highest BCUT2D eigenvalue weighted by Gasteiger charge is 2.67. The molecule has 0 heterocycles.